The molecule has 6 nitrogen and oxygen atoms in total. The van der Waals surface area contributed by atoms with E-state index in [1.807, 2.05) is 10.6 Å². The zero-order chi connectivity index (χ0) is 9.72. The van der Waals surface area contributed by atoms with E-state index in [4.69, 9.17) is 10.2 Å². The van der Waals surface area contributed by atoms with Gasteiger partial charge in [-0.15, -0.1) is 0 Å². The standard InChI is InChI=1S/C6H12N2O4/c1-3(9)7-5(11)6(12)8-4(2)10/h5-6,11-12H,1-2H3,(H,7,9)(H,8,10)/t5-,6+. The molecule has 0 aliphatic heterocycles. The van der Waals surface area contributed by atoms with Gasteiger partial charge in [0.25, 0.3) is 0 Å². The summed E-state index contributed by atoms with van der Waals surface area (Å²) in [5.74, 6) is -0.987. The summed E-state index contributed by atoms with van der Waals surface area (Å²) in [5.41, 5.74) is 0. The fourth-order valence-electron chi connectivity index (χ4n) is 0.574. The van der Waals surface area contributed by atoms with Gasteiger partial charge in [-0.2, -0.15) is 0 Å². The van der Waals surface area contributed by atoms with Crippen LogP contribution in [0.5, 0.6) is 0 Å². The summed E-state index contributed by atoms with van der Waals surface area (Å²) in [4.78, 5) is 20.7. The third-order valence-electron chi connectivity index (χ3n) is 1.00. The molecule has 0 rings (SSSR count). The molecular formula is C6H12N2O4. The molecular weight excluding hydrogens is 164 g/mol. The number of hydrogen-bond donors (Lipinski definition) is 4. The number of aliphatic hydroxyl groups excluding tert-OH is 2. The Morgan fingerprint density at radius 2 is 1.25 bits per heavy atom. The lowest BCUT2D eigenvalue weighted by Gasteiger charge is -2.18. The molecule has 0 aromatic rings. The largest absolute Gasteiger partial charge is 0.369 e. The zero-order valence-corrected chi connectivity index (χ0v) is 6.87. The van der Waals surface area contributed by atoms with Crippen LogP contribution in [0, 0.1) is 0 Å². The summed E-state index contributed by atoms with van der Waals surface area (Å²) in [5, 5.41) is 21.9. The van der Waals surface area contributed by atoms with Gasteiger partial charge in [-0.25, -0.2) is 0 Å². The molecule has 2 amide bonds. The van der Waals surface area contributed by atoms with Crippen molar-refractivity contribution >= 4 is 11.8 Å². The Kier molecular flexibility index (Phi) is 4.24. The van der Waals surface area contributed by atoms with Crippen LogP contribution in [0.2, 0.25) is 0 Å². The Hall–Kier alpha value is -1.14. The summed E-state index contributed by atoms with van der Waals surface area (Å²) in [6, 6.07) is 0. The molecule has 0 aromatic heterocycles. The van der Waals surface area contributed by atoms with E-state index in [1.165, 1.54) is 13.8 Å². The molecule has 4 N–H and O–H groups in total. The van der Waals surface area contributed by atoms with E-state index in [-0.39, 0.29) is 0 Å². The molecule has 12 heavy (non-hydrogen) atoms. The Balaban J connectivity index is 3.83. The van der Waals surface area contributed by atoms with Crippen molar-refractivity contribution in [3.63, 3.8) is 0 Å². The van der Waals surface area contributed by atoms with Crippen LogP contribution in [0.4, 0.5) is 0 Å². The lowest BCUT2D eigenvalue weighted by atomic mass is 10.4. The smallest absolute Gasteiger partial charge is 0.218 e. The third kappa shape index (κ3) is 4.64. The second-order valence-corrected chi connectivity index (χ2v) is 2.29. The first-order valence-corrected chi connectivity index (χ1v) is 3.34. The maximum absolute atomic E-state index is 10.3. The molecule has 0 spiro atoms. The molecule has 0 aromatic carbocycles. The van der Waals surface area contributed by atoms with Crippen molar-refractivity contribution in [1.29, 1.82) is 0 Å². The normalized spacial score (nSPS) is 14.7. The van der Waals surface area contributed by atoms with E-state index < -0.39 is 24.3 Å². The number of amides is 2. The maximum atomic E-state index is 10.3. The fraction of sp³-hybridized carbons (Fsp3) is 0.667. The van der Waals surface area contributed by atoms with Gasteiger partial charge < -0.3 is 20.8 Å². The molecule has 0 saturated carbocycles. The Bertz CT molecular complexity index is 162. The molecule has 70 valence electrons. The van der Waals surface area contributed by atoms with Crippen LogP contribution in [0.25, 0.3) is 0 Å². The highest BCUT2D eigenvalue weighted by atomic mass is 16.4. The SMILES string of the molecule is CC(=O)N[C@@H](O)[C@@H](O)NC(C)=O. The maximum Gasteiger partial charge on any atom is 0.218 e. The second kappa shape index (κ2) is 4.68. The number of carbonyl (C=O) groups excluding carboxylic acids is 2. The second-order valence-electron chi connectivity index (χ2n) is 2.29. The van der Waals surface area contributed by atoms with Crippen molar-refractivity contribution in [1.82, 2.24) is 10.6 Å². The van der Waals surface area contributed by atoms with Gasteiger partial charge in [0.15, 0.2) is 12.5 Å². The van der Waals surface area contributed by atoms with Gasteiger partial charge in [-0.05, 0) is 0 Å². The van der Waals surface area contributed by atoms with Crippen LogP contribution in [0.1, 0.15) is 13.8 Å². The first-order valence-electron chi connectivity index (χ1n) is 3.34. The van der Waals surface area contributed by atoms with Crippen LogP contribution in [0.3, 0.4) is 0 Å². The van der Waals surface area contributed by atoms with Crippen molar-refractivity contribution in [2.45, 2.75) is 26.3 Å². The number of rotatable bonds is 3. The third-order valence-corrected chi connectivity index (χ3v) is 1.00. The highest BCUT2D eigenvalue weighted by Crippen LogP contribution is 1.84. The summed E-state index contributed by atoms with van der Waals surface area (Å²) in [6.45, 7) is 2.37. The molecule has 6 heteroatoms. The average Bonchev–Trinajstić information content (AvgIpc) is 1.84. The van der Waals surface area contributed by atoms with E-state index in [9.17, 15) is 9.59 Å². The van der Waals surface area contributed by atoms with Gasteiger partial charge in [0.2, 0.25) is 11.8 Å². The van der Waals surface area contributed by atoms with E-state index in [1.54, 1.807) is 0 Å². The summed E-state index contributed by atoms with van der Waals surface area (Å²) in [7, 11) is 0. The Morgan fingerprint density at radius 1 is 1.00 bits per heavy atom. The summed E-state index contributed by atoms with van der Waals surface area (Å²) in [6.07, 6.45) is -2.96. The summed E-state index contributed by atoms with van der Waals surface area (Å²) >= 11 is 0. The minimum absolute atomic E-state index is 0.494. The topological polar surface area (TPSA) is 98.7 Å². The van der Waals surface area contributed by atoms with Gasteiger partial charge in [-0.1, -0.05) is 0 Å². The Labute approximate surface area is 69.6 Å². The molecule has 0 radical (unpaired) electrons. The summed E-state index contributed by atoms with van der Waals surface area (Å²) < 4.78 is 0. The van der Waals surface area contributed by atoms with Gasteiger partial charge in [-0.3, -0.25) is 9.59 Å². The highest BCUT2D eigenvalue weighted by molar-refractivity contribution is 5.74. The van der Waals surface area contributed by atoms with Crippen LogP contribution in [0.15, 0.2) is 0 Å². The lowest BCUT2D eigenvalue weighted by molar-refractivity contribution is -0.131. The quantitative estimate of drug-likeness (QED) is 0.370. The fourth-order valence-corrected chi connectivity index (χ4v) is 0.574. The Morgan fingerprint density at radius 3 is 1.42 bits per heavy atom. The number of nitrogens with one attached hydrogen (secondary N) is 2. The van der Waals surface area contributed by atoms with Crippen molar-refractivity contribution < 1.29 is 19.8 Å². The number of hydrogen-bond acceptors (Lipinski definition) is 4. The van der Waals surface area contributed by atoms with Crippen LogP contribution >= 0.6 is 0 Å². The first-order chi connectivity index (χ1) is 5.43. The molecule has 2 atom stereocenters. The minimum Gasteiger partial charge on any atom is -0.369 e. The van der Waals surface area contributed by atoms with Crippen LogP contribution in [-0.2, 0) is 9.59 Å². The van der Waals surface area contributed by atoms with Crippen molar-refractivity contribution in [3.05, 3.63) is 0 Å². The van der Waals surface area contributed by atoms with E-state index >= 15 is 0 Å². The molecule has 0 aliphatic rings. The van der Waals surface area contributed by atoms with E-state index in [2.05, 4.69) is 0 Å². The van der Waals surface area contributed by atoms with Gasteiger partial charge in [0.05, 0.1) is 0 Å². The molecule has 0 aliphatic carbocycles. The molecule has 0 heterocycles. The highest BCUT2D eigenvalue weighted by Gasteiger charge is 2.16. The molecule has 0 unspecified atom stereocenters. The molecule has 0 saturated heterocycles. The minimum atomic E-state index is -1.48. The predicted octanol–water partition coefficient (Wildman–Crippen LogP) is -2.10. The monoisotopic (exact) mass is 176 g/mol. The zero-order valence-electron chi connectivity index (χ0n) is 6.87. The molecule has 0 bridgehead atoms. The number of carbonyl (C=O) groups is 2. The van der Waals surface area contributed by atoms with Gasteiger partial charge in [0, 0.05) is 13.8 Å². The predicted molar refractivity (Wildman–Crippen MR) is 39.6 cm³/mol. The molecule has 0 fully saturated rings. The van der Waals surface area contributed by atoms with Crippen molar-refractivity contribution in [3.8, 4) is 0 Å². The number of aliphatic hydroxyl groups is 2. The van der Waals surface area contributed by atoms with Crippen molar-refractivity contribution in [2.24, 2.45) is 0 Å². The van der Waals surface area contributed by atoms with Crippen LogP contribution in [-0.4, -0.2) is 34.5 Å². The van der Waals surface area contributed by atoms with E-state index in [0.717, 1.165) is 0 Å². The van der Waals surface area contributed by atoms with Crippen LogP contribution < -0.4 is 10.6 Å². The average molecular weight is 176 g/mol. The van der Waals surface area contributed by atoms with Gasteiger partial charge >= 0.3 is 0 Å². The van der Waals surface area contributed by atoms with Gasteiger partial charge in [0.1, 0.15) is 0 Å². The van der Waals surface area contributed by atoms with E-state index in [0.29, 0.717) is 0 Å². The first kappa shape index (κ1) is 10.9. The lowest BCUT2D eigenvalue weighted by Crippen LogP contribution is -2.50. The van der Waals surface area contributed by atoms with Crippen molar-refractivity contribution in [2.75, 3.05) is 0 Å².